The molecule has 0 bridgehead atoms. The van der Waals surface area contributed by atoms with Crippen LogP contribution >= 0.6 is 0 Å². The average Bonchev–Trinajstić information content (AvgIpc) is 2.30. The second-order valence-electron chi connectivity index (χ2n) is 3.60. The Labute approximate surface area is 107 Å². The van der Waals surface area contributed by atoms with Crippen molar-refractivity contribution in [1.82, 2.24) is 5.32 Å². The summed E-state index contributed by atoms with van der Waals surface area (Å²) < 4.78 is 39.4. The van der Waals surface area contributed by atoms with Gasteiger partial charge in [0.25, 0.3) is 0 Å². The summed E-state index contributed by atoms with van der Waals surface area (Å²) in [6.45, 7) is 0.890. The Kier molecular flexibility index (Phi) is 5.43. The summed E-state index contributed by atoms with van der Waals surface area (Å²) in [7, 11) is 0. The quantitative estimate of drug-likeness (QED) is 0.721. The molecule has 0 unspecified atom stereocenters. The fourth-order valence-electron chi connectivity index (χ4n) is 1.22. The van der Waals surface area contributed by atoms with Crippen LogP contribution in [0.15, 0.2) is 24.3 Å². The summed E-state index contributed by atoms with van der Waals surface area (Å²) >= 11 is 0. The molecule has 0 spiro atoms. The van der Waals surface area contributed by atoms with Gasteiger partial charge in [-0.1, -0.05) is 0 Å². The van der Waals surface area contributed by atoms with E-state index >= 15 is 0 Å². The van der Waals surface area contributed by atoms with Gasteiger partial charge in [0, 0.05) is 12.2 Å². The Morgan fingerprint density at radius 2 is 1.89 bits per heavy atom. The number of nitrogens with one attached hydrogen (secondary N) is 2. The molecule has 0 radical (unpaired) electrons. The topological polar surface area (TPSA) is 76.4 Å². The first kappa shape index (κ1) is 15.1. The van der Waals surface area contributed by atoms with Crippen molar-refractivity contribution in [1.29, 1.82) is 0 Å². The molecule has 8 heteroatoms. The molecule has 1 aromatic carbocycles. The summed E-state index contributed by atoms with van der Waals surface area (Å²) in [6, 6.07) is 4.40. The van der Waals surface area contributed by atoms with E-state index in [2.05, 4.69) is 15.4 Å². The lowest BCUT2D eigenvalue weighted by Crippen LogP contribution is -2.30. The highest BCUT2D eigenvalue weighted by atomic mass is 19.4. The van der Waals surface area contributed by atoms with Crippen molar-refractivity contribution >= 4 is 11.7 Å². The van der Waals surface area contributed by atoms with Crippen molar-refractivity contribution in [3.63, 3.8) is 0 Å². The van der Waals surface area contributed by atoms with Gasteiger partial charge >= 0.3 is 12.4 Å². The van der Waals surface area contributed by atoms with Crippen LogP contribution in [-0.2, 0) is 0 Å². The number of carbonyl (C=O) groups excluding carboxylic acids is 1. The number of rotatable bonds is 5. The second kappa shape index (κ2) is 6.83. The summed E-state index contributed by atoms with van der Waals surface area (Å²) in [5, 5.41) is 5.01. The normalized spacial score (nSPS) is 10.9. The van der Waals surface area contributed by atoms with Crippen LogP contribution in [0.25, 0.3) is 0 Å². The fourth-order valence-corrected chi connectivity index (χ4v) is 1.22. The molecule has 0 saturated carbocycles. The molecule has 0 aliphatic heterocycles. The van der Waals surface area contributed by atoms with Crippen LogP contribution in [0.1, 0.15) is 6.42 Å². The summed E-state index contributed by atoms with van der Waals surface area (Å²) in [6.07, 6.45) is -4.08. The first-order chi connectivity index (χ1) is 8.90. The van der Waals surface area contributed by atoms with E-state index in [9.17, 15) is 18.0 Å². The van der Waals surface area contributed by atoms with Gasteiger partial charge in [-0.3, -0.25) is 0 Å². The van der Waals surface area contributed by atoms with Crippen molar-refractivity contribution < 1.29 is 22.7 Å². The predicted octanol–water partition coefficient (Wildman–Crippen LogP) is 2.06. The zero-order valence-corrected chi connectivity index (χ0v) is 9.96. The summed E-state index contributed by atoms with van der Waals surface area (Å²) in [4.78, 5) is 11.3. The molecular weight excluding hydrogens is 263 g/mol. The van der Waals surface area contributed by atoms with Crippen LogP contribution < -0.4 is 21.1 Å². The van der Waals surface area contributed by atoms with E-state index in [4.69, 9.17) is 5.73 Å². The number of carbonyl (C=O) groups is 1. The smallest absolute Gasteiger partial charge is 0.406 e. The SMILES string of the molecule is NCCCNC(=O)Nc1ccc(OC(F)(F)F)cc1. The lowest BCUT2D eigenvalue weighted by molar-refractivity contribution is -0.274. The van der Waals surface area contributed by atoms with Gasteiger partial charge in [-0.25, -0.2) is 4.79 Å². The third-order valence-corrected chi connectivity index (χ3v) is 2.01. The van der Waals surface area contributed by atoms with Gasteiger partial charge in [0.15, 0.2) is 0 Å². The minimum Gasteiger partial charge on any atom is -0.406 e. The maximum absolute atomic E-state index is 11.9. The Balaban J connectivity index is 2.46. The number of nitrogens with two attached hydrogens (primary N) is 1. The van der Waals surface area contributed by atoms with E-state index < -0.39 is 12.4 Å². The van der Waals surface area contributed by atoms with E-state index in [1.807, 2.05) is 0 Å². The van der Waals surface area contributed by atoms with Crippen molar-refractivity contribution in [2.75, 3.05) is 18.4 Å². The zero-order valence-electron chi connectivity index (χ0n) is 9.96. The molecule has 0 aliphatic carbocycles. The average molecular weight is 277 g/mol. The standard InChI is InChI=1S/C11H14F3N3O2/c12-11(13,14)19-9-4-2-8(3-5-9)17-10(18)16-7-1-6-15/h2-5H,1,6-7,15H2,(H2,16,17,18). The molecule has 106 valence electrons. The third kappa shape index (κ3) is 6.51. The van der Waals surface area contributed by atoms with Crippen LogP contribution in [0.3, 0.4) is 0 Å². The number of benzene rings is 1. The van der Waals surface area contributed by atoms with Crippen LogP contribution in [0.5, 0.6) is 5.75 Å². The molecule has 1 aromatic rings. The third-order valence-electron chi connectivity index (χ3n) is 2.01. The first-order valence-electron chi connectivity index (χ1n) is 5.51. The molecule has 0 aromatic heterocycles. The molecule has 0 fully saturated rings. The van der Waals surface area contributed by atoms with Gasteiger partial charge in [-0.15, -0.1) is 13.2 Å². The molecule has 1 rings (SSSR count). The predicted molar refractivity (Wildman–Crippen MR) is 63.8 cm³/mol. The molecule has 0 atom stereocenters. The van der Waals surface area contributed by atoms with Crippen molar-refractivity contribution in [3.05, 3.63) is 24.3 Å². The first-order valence-corrected chi connectivity index (χ1v) is 5.51. The monoisotopic (exact) mass is 277 g/mol. The molecule has 0 saturated heterocycles. The Bertz CT molecular complexity index is 407. The second-order valence-corrected chi connectivity index (χ2v) is 3.60. The van der Waals surface area contributed by atoms with Gasteiger partial charge in [0.05, 0.1) is 0 Å². The van der Waals surface area contributed by atoms with Crippen LogP contribution in [0, 0.1) is 0 Å². The van der Waals surface area contributed by atoms with E-state index in [1.54, 1.807) is 0 Å². The number of hydrogen-bond donors (Lipinski definition) is 3. The molecule has 0 heterocycles. The van der Waals surface area contributed by atoms with Gasteiger partial charge in [0.1, 0.15) is 5.75 Å². The van der Waals surface area contributed by atoms with E-state index in [0.717, 1.165) is 12.1 Å². The number of urea groups is 1. The van der Waals surface area contributed by atoms with Gasteiger partial charge < -0.3 is 21.1 Å². The number of alkyl halides is 3. The highest BCUT2D eigenvalue weighted by molar-refractivity contribution is 5.89. The number of anilines is 1. The summed E-state index contributed by atoms with van der Waals surface area (Å²) in [5.41, 5.74) is 5.62. The van der Waals surface area contributed by atoms with E-state index in [1.165, 1.54) is 12.1 Å². The highest BCUT2D eigenvalue weighted by Crippen LogP contribution is 2.23. The molecule has 0 aliphatic rings. The number of amides is 2. The molecular formula is C11H14F3N3O2. The maximum Gasteiger partial charge on any atom is 0.573 e. The molecule has 19 heavy (non-hydrogen) atoms. The van der Waals surface area contributed by atoms with Crippen molar-refractivity contribution in [2.24, 2.45) is 5.73 Å². The van der Waals surface area contributed by atoms with E-state index in [0.29, 0.717) is 25.2 Å². The van der Waals surface area contributed by atoms with Gasteiger partial charge in [0.2, 0.25) is 0 Å². The lowest BCUT2D eigenvalue weighted by atomic mass is 10.3. The van der Waals surface area contributed by atoms with E-state index in [-0.39, 0.29) is 5.75 Å². The Morgan fingerprint density at radius 1 is 1.26 bits per heavy atom. The van der Waals surface area contributed by atoms with Crippen molar-refractivity contribution in [2.45, 2.75) is 12.8 Å². The van der Waals surface area contributed by atoms with Gasteiger partial charge in [-0.2, -0.15) is 0 Å². The zero-order chi connectivity index (χ0) is 14.3. The molecule has 2 amide bonds. The summed E-state index contributed by atoms with van der Waals surface area (Å²) in [5.74, 6) is -0.346. The lowest BCUT2D eigenvalue weighted by Gasteiger charge is -2.10. The molecule has 4 N–H and O–H groups in total. The minimum absolute atomic E-state index is 0.346. The number of hydrogen-bond acceptors (Lipinski definition) is 3. The van der Waals surface area contributed by atoms with Crippen LogP contribution in [-0.4, -0.2) is 25.5 Å². The van der Waals surface area contributed by atoms with Gasteiger partial charge in [-0.05, 0) is 37.2 Å². The fraction of sp³-hybridized carbons (Fsp3) is 0.364. The Hall–Kier alpha value is -1.96. The van der Waals surface area contributed by atoms with Crippen LogP contribution in [0.2, 0.25) is 0 Å². The Morgan fingerprint density at radius 3 is 2.42 bits per heavy atom. The highest BCUT2D eigenvalue weighted by Gasteiger charge is 2.30. The number of ether oxygens (including phenoxy) is 1. The molecule has 5 nitrogen and oxygen atoms in total. The maximum atomic E-state index is 11.9. The van der Waals surface area contributed by atoms with Crippen molar-refractivity contribution in [3.8, 4) is 5.75 Å². The van der Waals surface area contributed by atoms with Crippen LogP contribution in [0.4, 0.5) is 23.7 Å². The number of halogens is 3. The minimum atomic E-state index is -4.73. The largest absolute Gasteiger partial charge is 0.573 e.